The fourth-order valence-electron chi connectivity index (χ4n) is 3.59. The molecule has 1 aromatic carbocycles. The minimum Gasteiger partial charge on any atom is -0.497 e. The number of nitrogens with one attached hydrogen (secondary N) is 1. The fraction of sp³-hybridized carbons (Fsp3) is 0.609. The minimum atomic E-state index is 0.0735. The minimum absolute atomic E-state index is 0.0735. The van der Waals surface area contributed by atoms with Gasteiger partial charge in [0.15, 0.2) is 0 Å². The number of aromatic nitrogens is 1. The van der Waals surface area contributed by atoms with E-state index in [1.807, 2.05) is 12.1 Å². The standard InChI is InChI=1S/C23H35N3O3/c1-16(2)14-20(24-15-18-6-8-19(27-5)9-7-18)22-25-21(17(3)4)23(29-22)26-10-12-28-13-11-26/h6-9,16-17,20,24H,10-15H2,1-5H3. The van der Waals surface area contributed by atoms with Crippen LogP contribution in [-0.2, 0) is 11.3 Å². The maximum absolute atomic E-state index is 6.38. The molecule has 1 aromatic heterocycles. The Morgan fingerprint density at radius 3 is 2.38 bits per heavy atom. The first-order valence-electron chi connectivity index (χ1n) is 10.7. The number of hydrogen-bond acceptors (Lipinski definition) is 6. The third-order valence-corrected chi connectivity index (χ3v) is 5.21. The van der Waals surface area contributed by atoms with Crippen LogP contribution >= 0.6 is 0 Å². The van der Waals surface area contributed by atoms with E-state index in [9.17, 15) is 0 Å². The molecule has 2 aromatic rings. The third kappa shape index (κ3) is 5.73. The van der Waals surface area contributed by atoms with Crippen LogP contribution in [0.25, 0.3) is 0 Å². The highest BCUT2D eigenvalue weighted by Gasteiger charge is 2.27. The normalized spacial score (nSPS) is 15.9. The Kier molecular flexibility index (Phi) is 7.56. The fourth-order valence-corrected chi connectivity index (χ4v) is 3.59. The van der Waals surface area contributed by atoms with Gasteiger partial charge in [-0.05, 0) is 30.0 Å². The second kappa shape index (κ2) is 10.1. The molecule has 1 atom stereocenters. The summed E-state index contributed by atoms with van der Waals surface area (Å²) < 4.78 is 17.1. The van der Waals surface area contributed by atoms with Crippen molar-refractivity contribution in [1.29, 1.82) is 0 Å². The number of methoxy groups -OCH3 is 1. The van der Waals surface area contributed by atoms with Crippen LogP contribution in [0.3, 0.4) is 0 Å². The molecule has 3 rings (SSSR count). The van der Waals surface area contributed by atoms with Gasteiger partial charge >= 0.3 is 0 Å². The van der Waals surface area contributed by atoms with Crippen LogP contribution in [0, 0.1) is 5.92 Å². The molecule has 0 bridgehead atoms. The maximum atomic E-state index is 6.38. The Labute approximate surface area is 174 Å². The van der Waals surface area contributed by atoms with Gasteiger partial charge in [-0.2, -0.15) is 0 Å². The number of benzene rings is 1. The Balaban J connectivity index is 1.79. The second-order valence-electron chi connectivity index (χ2n) is 8.41. The van der Waals surface area contributed by atoms with Crippen molar-refractivity contribution in [2.45, 2.75) is 52.6 Å². The van der Waals surface area contributed by atoms with Crippen molar-refractivity contribution < 1.29 is 13.9 Å². The number of nitrogens with zero attached hydrogens (tertiary/aromatic N) is 2. The van der Waals surface area contributed by atoms with Crippen molar-refractivity contribution in [2.75, 3.05) is 38.3 Å². The second-order valence-corrected chi connectivity index (χ2v) is 8.41. The molecule has 160 valence electrons. The molecule has 0 amide bonds. The summed E-state index contributed by atoms with van der Waals surface area (Å²) in [5, 5.41) is 3.66. The van der Waals surface area contributed by atoms with Crippen LogP contribution < -0.4 is 15.0 Å². The number of hydrogen-bond donors (Lipinski definition) is 1. The molecule has 1 saturated heterocycles. The van der Waals surface area contributed by atoms with Gasteiger partial charge in [0.1, 0.15) is 11.4 Å². The summed E-state index contributed by atoms with van der Waals surface area (Å²) in [6.45, 7) is 12.7. The summed E-state index contributed by atoms with van der Waals surface area (Å²) in [5.74, 6) is 3.42. The van der Waals surface area contributed by atoms with E-state index in [4.69, 9.17) is 18.9 Å². The van der Waals surface area contributed by atoms with Crippen molar-refractivity contribution in [3.8, 4) is 5.75 Å². The molecule has 0 radical (unpaired) electrons. The van der Waals surface area contributed by atoms with E-state index < -0.39 is 0 Å². The summed E-state index contributed by atoms with van der Waals surface area (Å²) in [5.41, 5.74) is 2.26. The lowest BCUT2D eigenvalue weighted by Crippen LogP contribution is -2.36. The molecular formula is C23H35N3O3. The molecule has 29 heavy (non-hydrogen) atoms. The summed E-state index contributed by atoms with van der Waals surface area (Å²) in [6.07, 6.45) is 0.969. The van der Waals surface area contributed by atoms with Crippen LogP contribution in [0.1, 0.15) is 63.2 Å². The zero-order chi connectivity index (χ0) is 20.8. The molecule has 1 N–H and O–H groups in total. The van der Waals surface area contributed by atoms with Gasteiger partial charge in [-0.25, -0.2) is 4.98 Å². The van der Waals surface area contributed by atoms with Crippen LogP contribution in [-0.4, -0.2) is 38.4 Å². The molecule has 2 heterocycles. The van der Waals surface area contributed by atoms with Gasteiger partial charge in [-0.3, -0.25) is 0 Å². The van der Waals surface area contributed by atoms with Gasteiger partial charge in [0.05, 0.1) is 26.4 Å². The number of morpholine rings is 1. The van der Waals surface area contributed by atoms with Crippen molar-refractivity contribution in [2.24, 2.45) is 5.92 Å². The number of anilines is 1. The van der Waals surface area contributed by atoms with E-state index >= 15 is 0 Å². The molecule has 1 unspecified atom stereocenters. The Bertz CT molecular complexity index is 749. The molecule has 0 aliphatic carbocycles. The summed E-state index contributed by atoms with van der Waals surface area (Å²) in [4.78, 5) is 7.22. The Morgan fingerprint density at radius 1 is 1.10 bits per heavy atom. The molecule has 6 heteroatoms. The SMILES string of the molecule is COc1ccc(CNC(CC(C)C)c2nc(C(C)C)c(N3CCOCC3)o2)cc1. The lowest BCUT2D eigenvalue weighted by molar-refractivity contribution is 0.120. The molecule has 1 fully saturated rings. The average molecular weight is 402 g/mol. The van der Waals surface area contributed by atoms with Crippen LogP contribution in [0.4, 0.5) is 5.88 Å². The van der Waals surface area contributed by atoms with Gasteiger partial charge in [0.25, 0.3) is 0 Å². The maximum Gasteiger partial charge on any atom is 0.220 e. The van der Waals surface area contributed by atoms with Crippen LogP contribution in [0.5, 0.6) is 5.75 Å². The lowest BCUT2D eigenvalue weighted by atomic mass is 10.0. The van der Waals surface area contributed by atoms with Gasteiger partial charge < -0.3 is 24.1 Å². The van der Waals surface area contributed by atoms with Crippen molar-refractivity contribution in [1.82, 2.24) is 10.3 Å². The Morgan fingerprint density at radius 2 is 1.79 bits per heavy atom. The van der Waals surface area contributed by atoms with Gasteiger partial charge in [-0.15, -0.1) is 0 Å². The van der Waals surface area contributed by atoms with E-state index in [1.165, 1.54) is 5.56 Å². The number of oxazole rings is 1. The molecule has 0 spiro atoms. The molecule has 0 saturated carbocycles. The third-order valence-electron chi connectivity index (χ3n) is 5.21. The zero-order valence-electron chi connectivity index (χ0n) is 18.4. The van der Waals surface area contributed by atoms with Crippen molar-refractivity contribution in [3.63, 3.8) is 0 Å². The number of rotatable bonds is 9. The monoisotopic (exact) mass is 401 g/mol. The predicted molar refractivity (Wildman–Crippen MR) is 116 cm³/mol. The number of ether oxygens (including phenoxy) is 2. The highest BCUT2D eigenvalue weighted by atomic mass is 16.5. The lowest BCUT2D eigenvalue weighted by Gasteiger charge is -2.27. The highest BCUT2D eigenvalue weighted by Crippen LogP contribution is 2.33. The largest absolute Gasteiger partial charge is 0.497 e. The van der Waals surface area contributed by atoms with Gasteiger partial charge in [0, 0.05) is 25.6 Å². The zero-order valence-corrected chi connectivity index (χ0v) is 18.4. The predicted octanol–water partition coefficient (Wildman–Crippen LogP) is 4.52. The smallest absolute Gasteiger partial charge is 0.220 e. The molecular weight excluding hydrogens is 366 g/mol. The average Bonchev–Trinajstić information content (AvgIpc) is 3.18. The van der Waals surface area contributed by atoms with Gasteiger partial charge in [0.2, 0.25) is 11.8 Å². The van der Waals surface area contributed by atoms with Crippen molar-refractivity contribution >= 4 is 5.88 Å². The summed E-state index contributed by atoms with van der Waals surface area (Å²) in [6, 6.07) is 8.24. The van der Waals surface area contributed by atoms with Crippen molar-refractivity contribution in [3.05, 3.63) is 41.4 Å². The van der Waals surface area contributed by atoms with Gasteiger partial charge in [-0.1, -0.05) is 39.8 Å². The highest BCUT2D eigenvalue weighted by molar-refractivity contribution is 5.43. The van der Waals surface area contributed by atoms with Crippen LogP contribution in [0.2, 0.25) is 0 Å². The first kappa shape index (κ1) is 21.7. The van der Waals surface area contributed by atoms with E-state index in [1.54, 1.807) is 7.11 Å². The van der Waals surface area contributed by atoms with E-state index in [0.717, 1.165) is 62.5 Å². The first-order valence-corrected chi connectivity index (χ1v) is 10.7. The Hall–Kier alpha value is -2.05. The van der Waals surface area contributed by atoms with Crippen LogP contribution in [0.15, 0.2) is 28.7 Å². The van der Waals surface area contributed by atoms with E-state index in [2.05, 4.69) is 50.0 Å². The van der Waals surface area contributed by atoms with E-state index in [-0.39, 0.29) is 6.04 Å². The molecule has 1 aliphatic heterocycles. The summed E-state index contributed by atoms with van der Waals surface area (Å²) >= 11 is 0. The van der Waals surface area contributed by atoms with E-state index in [0.29, 0.717) is 11.8 Å². The molecule has 6 nitrogen and oxygen atoms in total. The molecule has 1 aliphatic rings. The first-order chi connectivity index (χ1) is 14.0. The summed E-state index contributed by atoms with van der Waals surface area (Å²) in [7, 11) is 1.69. The topological polar surface area (TPSA) is 59.8 Å². The quantitative estimate of drug-likeness (QED) is 0.667.